The summed E-state index contributed by atoms with van der Waals surface area (Å²) in [6, 6.07) is 0. The Morgan fingerprint density at radius 2 is 1.74 bits per heavy atom. The van der Waals surface area contributed by atoms with Gasteiger partial charge in [-0.25, -0.2) is 0 Å². The van der Waals surface area contributed by atoms with E-state index in [0.29, 0.717) is 39.9 Å². The number of aliphatic hydroxyl groups excluding tert-OH is 1. The maximum atomic E-state index is 12.2. The average Bonchev–Trinajstić information content (AvgIpc) is 3.38. The van der Waals surface area contributed by atoms with Gasteiger partial charge in [0.25, 0.3) is 0 Å². The van der Waals surface area contributed by atoms with E-state index >= 15 is 0 Å². The normalized spacial score (nSPS) is 44.6. The van der Waals surface area contributed by atoms with E-state index in [0.717, 1.165) is 42.6 Å². The standard InChI is InChI=1S/C31H52O3/c1-20(2)23-10-12-26-29(7)15-13-24(22(5)9-11-25(32)21(3)4)28(29,6)17-18-31(26)19-30(23,31)16-14-27(33)34-8/h20,22-26,32H,3,9-19H2,1-2,4-8H3/t22-,23+,24-,25-,26+,28-,29+,30-,31+/m1/s1. The Morgan fingerprint density at radius 3 is 2.35 bits per heavy atom. The van der Waals surface area contributed by atoms with Crippen molar-refractivity contribution < 1.29 is 14.6 Å². The molecule has 3 heteroatoms. The molecule has 3 nitrogen and oxygen atoms in total. The summed E-state index contributed by atoms with van der Waals surface area (Å²) in [6.07, 6.45) is 12.7. The van der Waals surface area contributed by atoms with Gasteiger partial charge in [0, 0.05) is 6.42 Å². The molecule has 1 N–H and O–H groups in total. The van der Waals surface area contributed by atoms with Gasteiger partial charge in [0.05, 0.1) is 13.2 Å². The monoisotopic (exact) mass is 472 g/mol. The minimum Gasteiger partial charge on any atom is -0.469 e. The van der Waals surface area contributed by atoms with E-state index in [1.165, 1.54) is 52.1 Å². The molecule has 0 unspecified atom stereocenters. The Hall–Kier alpha value is -0.830. The predicted octanol–water partition coefficient (Wildman–Crippen LogP) is 7.57. The van der Waals surface area contributed by atoms with Crippen LogP contribution in [0.5, 0.6) is 0 Å². The van der Waals surface area contributed by atoms with Crippen molar-refractivity contribution in [3.63, 3.8) is 0 Å². The van der Waals surface area contributed by atoms with Gasteiger partial charge in [-0.05, 0) is 122 Å². The fraction of sp³-hybridized carbons (Fsp3) is 0.903. The summed E-state index contributed by atoms with van der Waals surface area (Å²) in [6.45, 7) is 18.5. The topological polar surface area (TPSA) is 46.5 Å². The van der Waals surface area contributed by atoms with Crippen molar-refractivity contribution >= 4 is 5.97 Å². The van der Waals surface area contributed by atoms with Crippen molar-refractivity contribution in [3.05, 3.63) is 12.2 Å². The van der Waals surface area contributed by atoms with Gasteiger partial charge >= 0.3 is 5.97 Å². The van der Waals surface area contributed by atoms with Crippen molar-refractivity contribution in [1.29, 1.82) is 0 Å². The Kier molecular flexibility index (Phi) is 6.89. The fourth-order valence-corrected chi connectivity index (χ4v) is 10.5. The number of esters is 1. The quantitative estimate of drug-likeness (QED) is 0.278. The van der Waals surface area contributed by atoms with Crippen molar-refractivity contribution in [3.8, 4) is 0 Å². The summed E-state index contributed by atoms with van der Waals surface area (Å²) in [5.74, 6) is 3.60. The summed E-state index contributed by atoms with van der Waals surface area (Å²) in [4.78, 5) is 12.2. The van der Waals surface area contributed by atoms with E-state index < -0.39 is 0 Å². The summed E-state index contributed by atoms with van der Waals surface area (Å²) in [5, 5.41) is 10.3. The molecular weight excluding hydrogens is 420 g/mol. The predicted molar refractivity (Wildman–Crippen MR) is 139 cm³/mol. The fourth-order valence-electron chi connectivity index (χ4n) is 10.5. The highest BCUT2D eigenvalue weighted by molar-refractivity contribution is 5.69. The molecule has 194 valence electrons. The number of aliphatic hydroxyl groups is 1. The Bertz CT molecular complexity index is 802. The van der Waals surface area contributed by atoms with Crippen LogP contribution in [0.15, 0.2) is 12.2 Å². The number of carbonyl (C=O) groups excluding carboxylic acids is 1. The third kappa shape index (κ3) is 3.65. The second-order valence-corrected chi connectivity index (χ2v) is 13.9. The van der Waals surface area contributed by atoms with E-state index in [1.54, 1.807) is 0 Å². The largest absolute Gasteiger partial charge is 0.469 e. The molecule has 0 heterocycles. The average molecular weight is 473 g/mol. The first-order valence-electron chi connectivity index (χ1n) is 14.3. The number of hydrogen-bond donors (Lipinski definition) is 1. The van der Waals surface area contributed by atoms with Crippen LogP contribution in [0.1, 0.15) is 112 Å². The molecule has 4 rings (SSSR count). The van der Waals surface area contributed by atoms with Crippen LogP contribution in [0.4, 0.5) is 0 Å². The van der Waals surface area contributed by atoms with Crippen LogP contribution in [-0.2, 0) is 9.53 Å². The first-order chi connectivity index (χ1) is 15.9. The van der Waals surface area contributed by atoms with Crippen LogP contribution in [-0.4, -0.2) is 24.3 Å². The van der Waals surface area contributed by atoms with E-state index in [1.807, 2.05) is 6.92 Å². The van der Waals surface area contributed by atoms with Gasteiger partial charge in [-0.2, -0.15) is 0 Å². The number of rotatable bonds is 9. The lowest BCUT2D eigenvalue weighted by Crippen LogP contribution is -2.54. The molecule has 9 atom stereocenters. The van der Waals surface area contributed by atoms with Crippen LogP contribution >= 0.6 is 0 Å². The number of ether oxygens (including phenoxy) is 1. The maximum absolute atomic E-state index is 12.2. The van der Waals surface area contributed by atoms with E-state index in [9.17, 15) is 9.90 Å². The second kappa shape index (κ2) is 8.93. The lowest BCUT2D eigenvalue weighted by atomic mass is 9.43. The van der Waals surface area contributed by atoms with Crippen molar-refractivity contribution in [2.45, 2.75) is 118 Å². The third-order valence-corrected chi connectivity index (χ3v) is 12.6. The molecule has 4 aliphatic rings. The number of hydrogen-bond acceptors (Lipinski definition) is 3. The van der Waals surface area contributed by atoms with Gasteiger partial charge in [-0.15, -0.1) is 0 Å². The van der Waals surface area contributed by atoms with Crippen molar-refractivity contribution in [2.24, 2.45) is 51.2 Å². The highest BCUT2D eigenvalue weighted by atomic mass is 16.5. The van der Waals surface area contributed by atoms with Crippen molar-refractivity contribution in [1.82, 2.24) is 0 Å². The number of methoxy groups -OCH3 is 1. The smallest absolute Gasteiger partial charge is 0.305 e. The lowest BCUT2D eigenvalue weighted by molar-refractivity contribution is -0.144. The second-order valence-electron chi connectivity index (χ2n) is 13.9. The van der Waals surface area contributed by atoms with E-state index in [4.69, 9.17) is 4.74 Å². The summed E-state index contributed by atoms with van der Waals surface area (Å²) < 4.78 is 5.07. The molecule has 34 heavy (non-hydrogen) atoms. The Labute approximate surface area is 209 Å². The van der Waals surface area contributed by atoms with Gasteiger partial charge < -0.3 is 9.84 Å². The molecule has 0 amide bonds. The third-order valence-electron chi connectivity index (χ3n) is 12.6. The van der Waals surface area contributed by atoms with Gasteiger partial charge in [0.2, 0.25) is 0 Å². The molecule has 0 aliphatic heterocycles. The summed E-state index contributed by atoms with van der Waals surface area (Å²) >= 11 is 0. The Morgan fingerprint density at radius 1 is 1.03 bits per heavy atom. The molecule has 4 aliphatic carbocycles. The molecule has 0 bridgehead atoms. The highest BCUT2D eigenvalue weighted by Crippen LogP contribution is 2.87. The highest BCUT2D eigenvalue weighted by Gasteiger charge is 2.80. The van der Waals surface area contributed by atoms with Gasteiger partial charge in [-0.3, -0.25) is 4.79 Å². The zero-order valence-electron chi connectivity index (χ0n) is 23.2. The van der Waals surface area contributed by atoms with Crippen molar-refractivity contribution in [2.75, 3.05) is 7.11 Å². The maximum Gasteiger partial charge on any atom is 0.305 e. The minimum absolute atomic E-state index is 0.0281. The molecule has 0 aromatic carbocycles. The van der Waals surface area contributed by atoms with Gasteiger partial charge in [0.1, 0.15) is 0 Å². The SMILES string of the molecule is C=C(C)[C@H](O)CC[C@@H](C)[C@H]1CC[C@@]2(C)[C@@H]3CC[C@@H](C(C)C)[C@@]4(CCC(=O)OC)C[C@@]34CC[C@]12C. The molecule has 0 saturated heterocycles. The van der Waals surface area contributed by atoms with Gasteiger partial charge in [-0.1, -0.05) is 46.8 Å². The van der Waals surface area contributed by atoms with Crippen LogP contribution in [0.3, 0.4) is 0 Å². The molecule has 0 aromatic rings. The zero-order valence-corrected chi connectivity index (χ0v) is 23.2. The van der Waals surface area contributed by atoms with Crippen LogP contribution in [0.25, 0.3) is 0 Å². The number of carbonyl (C=O) groups is 1. The van der Waals surface area contributed by atoms with Crippen LogP contribution < -0.4 is 0 Å². The molecule has 4 saturated carbocycles. The Balaban J connectivity index is 1.57. The summed E-state index contributed by atoms with van der Waals surface area (Å²) in [5.41, 5.74) is 2.49. The van der Waals surface area contributed by atoms with E-state index in [-0.39, 0.29) is 12.1 Å². The minimum atomic E-state index is -0.356. The van der Waals surface area contributed by atoms with Gasteiger partial charge in [0.15, 0.2) is 0 Å². The number of fused-ring (bicyclic) bond motifs is 2. The first kappa shape index (κ1) is 26.2. The molecule has 0 radical (unpaired) electrons. The van der Waals surface area contributed by atoms with Crippen LogP contribution in [0, 0.1) is 51.2 Å². The van der Waals surface area contributed by atoms with Crippen LogP contribution in [0.2, 0.25) is 0 Å². The zero-order chi connectivity index (χ0) is 25.1. The summed E-state index contributed by atoms with van der Waals surface area (Å²) in [7, 11) is 1.54. The molecular formula is C31H52O3. The lowest BCUT2D eigenvalue weighted by Gasteiger charge is -2.61. The molecule has 0 aromatic heterocycles. The van der Waals surface area contributed by atoms with E-state index in [2.05, 4.69) is 41.2 Å². The molecule has 1 spiro atoms. The molecule has 4 fully saturated rings. The first-order valence-corrected chi connectivity index (χ1v) is 14.3.